The molecule has 90 valence electrons. The summed E-state index contributed by atoms with van der Waals surface area (Å²) in [5.74, 6) is 0.726. The van der Waals surface area contributed by atoms with E-state index in [4.69, 9.17) is 0 Å². The predicted molar refractivity (Wildman–Crippen MR) is 65.5 cm³/mol. The Labute approximate surface area is 101 Å². The zero-order chi connectivity index (χ0) is 11.5. The molecule has 17 heavy (non-hydrogen) atoms. The van der Waals surface area contributed by atoms with Gasteiger partial charge in [-0.15, -0.1) is 0 Å². The molecule has 3 aliphatic rings. The maximum Gasteiger partial charge on any atom is 0.123 e. The normalized spacial score (nSPS) is 34.1. The summed E-state index contributed by atoms with van der Waals surface area (Å²) in [6.07, 6.45) is 6.35. The molecule has 1 spiro atoms. The highest BCUT2D eigenvalue weighted by molar-refractivity contribution is 5.45. The average Bonchev–Trinajstić information content (AvgIpc) is 3.18. The molecule has 1 aromatic carbocycles. The zero-order valence-corrected chi connectivity index (χ0v) is 10.0. The van der Waals surface area contributed by atoms with Crippen molar-refractivity contribution in [2.24, 2.45) is 5.92 Å². The van der Waals surface area contributed by atoms with Gasteiger partial charge in [0.15, 0.2) is 0 Å². The van der Waals surface area contributed by atoms with Gasteiger partial charge in [0.25, 0.3) is 0 Å². The van der Waals surface area contributed by atoms with E-state index in [1.54, 1.807) is 12.1 Å². The highest BCUT2D eigenvalue weighted by atomic mass is 19.1. The first-order valence-electron chi connectivity index (χ1n) is 6.80. The molecule has 0 aromatic heterocycles. The third kappa shape index (κ3) is 1.54. The van der Waals surface area contributed by atoms with Crippen LogP contribution in [0.4, 0.5) is 4.39 Å². The lowest BCUT2D eigenvalue weighted by atomic mass is 9.95. The molecule has 0 heterocycles. The molecule has 1 nitrogen and oxygen atoms in total. The molecule has 0 saturated heterocycles. The Morgan fingerprint density at radius 1 is 1.35 bits per heavy atom. The molecule has 1 aromatic rings. The Morgan fingerprint density at radius 2 is 2.24 bits per heavy atom. The van der Waals surface area contributed by atoms with Crippen LogP contribution in [0.5, 0.6) is 0 Å². The van der Waals surface area contributed by atoms with Gasteiger partial charge in [0.1, 0.15) is 5.82 Å². The Morgan fingerprint density at radius 3 is 3.06 bits per heavy atom. The van der Waals surface area contributed by atoms with E-state index in [9.17, 15) is 4.39 Å². The van der Waals surface area contributed by atoms with Crippen LogP contribution in [0.3, 0.4) is 0 Å². The molecule has 1 N–H and O–H groups in total. The van der Waals surface area contributed by atoms with Crippen molar-refractivity contribution in [2.75, 3.05) is 6.54 Å². The van der Waals surface area contributed by atoms with Crippen molar-refractivity contribution in [2.45, 2.75) is 43.6 Å². The number of benzene rings is 1. The van der Waals surface area contributed by atoms with E-state index in [1.165, 1.54) is 43.4 Å². The zero-order valence-electron chi connectivity index (χ0n) is 10.0. The van der Waals surface area contributed by atoms with E-state index in [0.29, 0.717) is 5.41 Å². The molecular weight excluding hydrogens is 213 g/mol. The highest BCUT2D eigenvalue weighted by Crippen LogP contribution is 2.61. The number of hydrogen-bond acceptors (Lipinski definition) is 1. The molecule has 2 fully saturated rings. The molecule has 0 radical (unpaired) electrons. The van der Waals surface area contributed by atoms with Gasteiger partial charge in [0.05, 0.1) is 0 Å². The summed E-state index contributed by atoms with van der Waals surface area (Å²) in [4.78, 5) is 0. The lowest BCUT2D eigenvalue weighted by Crippen LogP contribution is -2.22. The van der Waals surface area contributed by atoms with Crippen molar-refractivity contribution < 1.29 is 4.39 Å². The van der Waals surface area contributed by atoms with E-state index < -0.39 is 0 Å². The monoisotopic (exact) mass is 231 g/mol. The van der Waals surface area contributed by atoms with Crippen LogP contribution in [0.1, 0.15) is 36.8 Å². The molecule has 2 saturated carbocycles. The number of hydrogen-bond donors (Lipinski definition) is 1. The molecule has 4 rings (SSSR count). The minimum atomic E-state index is -0.0749. The largest absolute Gasteiger partial charge is 0.314 e. The summed E-state index contributed by atoms with van der Waals surface area (Å²) >= 11 is 0. The molecule has 0 amide bonds. The van der Waals surface area contributed by atoms with Crippen molar-refractivity contribution >= 4 is 0 Å². The Bertz CT molecular complexity index is 466. The van der Waals surface area contributed by atoms with E-state index in [0.717, 1.165) is 18.4 Å². The second-order valence-corrected chi connectivity index (χ2v) is 6.04. The quantitative estimate of drug-likeness (QED) is 0.843. The van der Waals surface area contributed by atoms with Gasteiger partial charge in [-0.1, -0.05) is 6.07 Å². The Kier molecular flexibility index (Phi) is 1.97. The topological polar surface area (TPSA) is 12.0 Å². The number of fused-ring (bicyclic) bond motifs is 2. The standard InChI is InChI=1S/C15H18FN/c16-12-1-4-14-10(7-12)5-6-15(14)8-11(15)9-17-13-2-3-13/h1,4,7,11,13,17H,2-3,5-6,8-9H2. The van der Waals surface area contributed by atoms with Gasteiger partial charge in [0.2, 0.25) is 0 Å². The molecule has 2 atom stereocenters. The van der Waals surface area contributed by atoms with Gasteiger partial charge >= 0.3 is 0 Å². The second kappa shape index (κ2) is 3.32. The average molecular weight is 231 g/mol. The minimum Gasteiger partial charge on any atom is -0.314 e. The number of rotatable bonds is 3. The van der Waals surface area contributed by atoms with Crippen molar-refractivity contribution in [3.63, 3.8) is 0 Å². The second-order valence-electron chi connectivity index (χ2n) is 6.04. The molecule has 0 bridgehead atoms. The Hall–Kier alpha value is -0.890. The lowest BCUT2D eigenvalue weighted by Gasteiger charge is -2.12. The first-order valence-corrected chi connectivity index (χ1v) is 6.80. The summed E-state index contributed by atoms with van der Waals surface area (Å²) in [7, 11) is 0. The van der Waals surface area contributed by atoms with Crippen molar-refractivity contribution in [1.29, 1.82) is 0 Å². The first kappa shape index (κ1) is 10.1. The van der Waals surface area contributed by atoms with E-state index in [1.807, 2.05) is 6.07 Å². The molecule has 2 heteroatoms. The van der Waals surface area contributed by atoms with Gasteiger partial charge < -0.3 is 5.32 Å². The Balaban J connectivity index is 1.54. The van der Waals surface area contributed by atoms with Gasteiger partial charge in [-0.25, -0.2) is 4.39 Å². The van der Waals surface area contributed by atoms with Crippen LogP contribution >= 0.6 is 0 Å². The molecule has 3 aliphatic carbocycles. The van der Waals surface area contributed by atoms with Crippen LogP contribution in [0.2, 0.25) is 0 Å². The van der Waals surface area contributed by atoms with Gasteiger partial charge in [-0.2, -0.15) is 0 Å². The van der Waals surface area contributed by atoms with Crippen LogP contribution in [-0.4, -0.2) is 12.6 Å². The number of halogens is 1. The number of nitrogens with one attached hydrogen (secondary N) is 1. The fourth-order valence-corrected chi connectivity index (χ4v) is 3.63. The third-order valence-corrected chi connectivity index (χ3v) is 4.91. The first-order chi connectivity index (χ1) is 8.28. The molecule has 2 unspecified atom stereocenters. The maximum absolute atomic E-state index is 13.2. The predicted octanol–water partition coefficient (Wildman–Crippen LogP) is 2.78. The minimum absolute atomic E-state index is 0.0749. The van der Waals surface area contributed by atoms with E-state index >= 15 is 0 Å². The summed E-state index contributed by atoms with van der Waals surface area (Å²) in [6, 6.07) is 6.22. The lowest BCUT2D eigenvalue weighted by molar-refractivity contribution is 0.546. The summed E-state index contributed by atoms with van der Waals surface area (Å²) in [6.45, 7) is 1.17. The SMILES string of the molecule is Fc1ccc2c(c1)CCC21CC1CNC1CC1. The summed E-state index contributed by atoms with van der Waals surface area (Å²) in [5.41, 5.74) is 3.13. The fraction of sp³-hybridized carbons (Fsp3) is 0.600. The van der Waals surface area contributed by atoms with Crippen molar-refractivity contribution in [3.8, 4) is 0 Å². The van der Waals surface area contributed by atoms with Crippen molar-refractivity contribution in [1.82, 2.24) is 5.32 Å². The van der Waals surface area contributed by atoms with E-state index in [2.05, 4.69) is 5.32 Å². The maximum atomic E-state index is 13.2. The number of aryl methyl sites for hydroxylation is 1. The summed E-state index contributed by atoms with van der Waals surface area (Å²) < 4.78 is 13.2. The van der Waals surface area contributed by atoms with Crippen LogP contribution in [0.25, 0.3) is 0 Å². The van der Waals surface area contributed by atoms with E-state index in [-0.39, 0.29) is 5.82 Å². The molecular formula is C15H18FN. The van der Waals surface area contributed by atoms with Crippen LogP contribution in [0, 0.1) is 11.7 Å². The van der Waals surface area contributed by atoms with Crippen LogP contribution in [-0.2, 0) is 11.8 Å². The summed E-state index contributed by atoms with van der Waals surface area (Å²) in [5, 5.41) is 3.64. The van der Waals surface area contributed by atoms with Crippen LogP contribution < -0.4 is 5.32 Å². The fourth-order valence-electron chi connectivity index (χ4n) is 3.63. The molecule has 0 aliphatic heterocycles. The van der Waals surface area contributed by atoms with Gasteiger partial charge in [-0.05, 0) is 67.8 Å². The van der Waals surface area contributed by atoms with Crippen LogP contribution in [0.15, 0.2) is 18.2 Å². The van der Waals surface area contributed by atoms with Gasteiger partial charge in [0, 0.05) is 11.5 Å². The third-order valence-electron chi connectivity index (χ3n) is 4.91. The highest BCUT2D eigenvalue weighted by Gasteiger charge is 2.57. The van der Waals surface area contributed by atoms with Crippen molar-refractivity contribution in [3.05, 3.63) is 35.1 Å². The van der Waals surface area contributed by atoms with Gasteiger partial charge in [-0.3, -0.25) is 0 Å². The smallest absolute Gasteiger partial charge is 0.123 e.